The van der Waals surface area contributed by atoms with E-state index in [1.54, 1.807) is 0 Å². The van der Waals surface area contributed by atoms with E-state index in [2.05, 4.69) is 0 Å². The second-order valence-electron chi connectivity index (χ2n) is 1.42. The Bertz CT molecular complexity index is 125. The maximum atomic E-state index is 9.90. The van der Waals surface area contributed by atoms with Crippen molar-refractivity contribution in [2.24, 2.45) is 5.29 Å². The highest BCUT2D eigenvalue weighted by molar-refractivity contribution is 5.72. The Morgan fingerprint density at radius 3 is 2.33 bits per heavy atom. The first-order chi connectivity index (χ1) is 4.09. The normalized spacial score (nSPS) is 12.2. The minimum atomic E-state index is -1.31. The number of nitrogens with zero attached hydrogens (tertiary/aromatic N) is 2. The van der Waals surface area contributed by atoms with Gasteiger partial charge in [-0.1, -0.05) is 0 Å². The topological polar surface area (TPSA) is 90.2 Å². The van der Waals surface area contributed by atoms with Crippen molar-refractivity contribution in [1.29, 1.82) is 0 Å². The van der Waals surface area contributed by atoms with E-state index < -0.39 is 12.0 Å². The van der Waals surface area contributed by atoms with Crippen LogP contribution in [0.3, 0.4) is 0 Å². The molecule has 6 heteroatoms. The van der Waals surface area contributed by atoms with E-state index in [9.17, 15) is 9.70 Å². The van der Waals surface area contributed by atoms with Crippen molar-refractivity contribution in [3.05, 3.63) is 4.91 Å². The van der Waals surface area contributed by atoms with Gasteiger partial charge in [0.25, 0.3) is 0 Å². The second-order valence-corrected chi connectivity index (χ2v) is 1.42. The van der Waals surface area contributed by atoms with Gasteiger partial charge in [-0.15, -0.1) is 10.1 Å². The van der Waals surface area contributed by atoms with E-state index >= 15 is 0 Å². The molecule has 0 fully saturated rings. The molecule has 0 spiro atoms. The molecule has 0 aromatic rings. The molecule has 0 saturated carbocycles. The molecule has 1 atom stereocenters. The van der Waals surface area contributed by atoms with Crippen molar-refractivity contribution >= 4 is 5.97 Å². The summed E-state index contributed by atoms with van der Waals surface area (Å²) in [7, 11) is 0. The number of carboxylic acid groups (broad SMARTS) is 1. The van der Waals surface area contributed by atoms with E-state index in [-0.39, 0.29) is 5.17 Å². The number of hydroxylamine groups is 1. The molecule has 0 aliphatic rings. The summed E-state index contributed by atoms with van der Waals surface area (Å²) in [5.74, 6) is -1.31. The van der Waals surface area contributed by atoms with Crippen LogP contribution in [0, 0.1) is 4.91 Å². The summed E-state index contributed by atoms with van der Waals surface area (Å²) >= 11 is 0. The van der Waals surface area contributed by atoms with Crippen molar-refractivity contribution in [2.75, 3.05) is 0 Å². The lowest BCUT2D eigenvalue weighted by Gasteiger charge is -2.09. The van der Waals surface area contributed by atoms with Gasteiger partial charge in [0.1, 0.15) is 0 Å². The lowest BCUT2D eigenvalue weighted by molar-refractivity contribution is -0.167. The van der Waals surface area contributed by atoms with E-state index in [1.807, 2.05) is 5.29 Å². The Hall–Kier alpha value is -1.17. The molecule has 6 nitrogen and oxygen atoms in total. The third-order valence-corrected chi connectivity index (χ3v) is 0.787. The molecule has 2 N–H and O–H groups in total. The summed E-state index contributed by atoms with van der Waals surface area (Å²) < 4.78 is 0. The summed E-state index contributed by atoms with van der Waals surface area (Å²) in [4.78, 5) is 19.3. The predicted molar refractivity (Wildman–Crippen MR) is 26.5 cm³/mol. The van der Waals surface area contributed by atoms with Crippen LogP contribution in [0.25, 0.3) is 0 Å². The number of carbonyl (C=O) groups is 1. The molecule has 0 amide bonds. The third-order valence-electron chi connectivity index (χ3n) is 0.787. The molecule has 0 aromatic heterocycles. The third kappa shape index (κ3) is 2.04. The molecule has 0 aliphatic heterocycles. The molecular weight excluding hydrogens is 128 g/mol. The van der Waals surface area contributed by atoms with Crippen LogP contribution < -0.4 is 0 Å². The fourth-order valence-corrected chi connectivity index (χ4v) is 0.169. The minimum Gasteiger partial charge on any atom is -0.480 e. The van der Waals surface area contributed by atoms with Crippen molar-refractivity contribution < 1.29 is 15.1 Å². The quantitative estimate of drug-likeness (QED) is 0.413. The maximum absolute atomic E-state index is 9.90. The summed E-state index contributed by atoms with van der Waals surface area (Å²) in [5.41, 5.74) is 0. The Morgan fingerprint density at radius 1 is 1.78 bits per heavy atom. The maximum Gasteiger partial charge on any atom is 0.330 e. The average molecular weight is 134 g/mol. The van der Waals surface area contributed by atoms with Gasteiger partial charge in [-0.2, -0.15) is 0 Å². The van der Waals surface area contributed by atoms with Gasteiger partial charge in [-0.05, 0) is 6.92 Å². The van der Waals surface area contributed by atoms with Crippen molar-refractivity contribution in [3.8, 4) is 0 Å². The Labute approximate surface area is 50.6 Å². The van der Waals surface area contributed by atoms with Crippen LogP contribution >= 0.6 is 0 Å². The molecule has 1 unspecified atom stereocenters. The second kappa shape index (κ2) is 2.98. The van der Waals surface area contributed by atoms with Gasteiger partial charge in [0.05, 0.1) is 5.29 Å². The first kappa shape index (κ1) is 7.83. The van der Waals surface area contributed by atoms with Crippen molar-refractivity contribution in [1.82, 2.24) is 5.17 Å². The molecule has 0 aromatic carbocycles. The van der Waals surface area contributed by atoms with Crippen molar-refractivity contribution in [3.63, 3.8) is 0 Å². The van der Waals surface area contributed by atoms with Gasteiger partial charge in [-0.25, -0.2) is 4.79 Å². The van der Waals surface area contributed by atoms with Crippen LogP contribution in [-0.4, -0.2) is 27.5 Å². The molecule has 0 aliphatic carbocycles. The molecule has 0 heterocycles. The van der Waals surface area contributed by atoms with E-state index in [0.29, 0.717) is 0 Å². The summed E-state index contributed by atoms with van der Waals surface area (Å²) in [5, 5.41) is 18.2. The first-order valence-corrected chi connectivity index (χ1v) is 2.13. The van der Waals surface area contributed by atoms with Crippen molar-refractivity contribution in [2.45, 2.75) is 13.0 Å². The molecular formula is C3H6N2O4. The SMILES string of the molecule is CC(C(=O)O)N(O)N=O. The highest BCUT2D eigenvalue weighted by Crippen LogP contribution is 1.93. The predicted octanol–water partition coefficient (Wildman–Crippen LogP) is -0.168. The van der Waals surface area contributed by atoms with Gasteiger partial charge < -0.3 is 5.11 Å². The van der Waals surface area contributed by atoms with Gasteiger partial charge >= 0.3 is 5.97 Å². The molecule has 0 bridgehead atoms. The molecule has 0 radical (unpaired) electrons. The first-order valence-electron chi connectivity index (χ1n) is 2.13. The summed E-state index contributed by atoms with van der Waals surface area (Å²) in [6.45, 7) is 1.13. The van der Waals surface area contributed by atoms with Crippen LogP contribution in [0.15, 0.2) is 5.29 Å². The molecule has 9 heavy (non-hydrogen) atoms. The number of rotatable bonds is 3. The fraction of sp³-hybridized carbons (Fsp3) is 0.667. The van der Waals surface area contributed by atoms with E-state index in [1.165, 1.54) is 0 Å². The molecule has 52 valence electrons. The van der Waals surface area contributed by atoms with Crippen LogP contribution in [-0.2, 0) is 4.79 Å². The minimum absolute atomic E-state index is 0.164. The van der Waals surface area contributed by atoms with Gasteiger partial charge in [0.15, 0.2) is 6.04 Å². The van der Waals surface area contributed by atoms with Crippen LogP contribution in [0.4, 0.5) is 0 Å². The highest BCUT2D eigenvalue weighted by atomic mass is 16.6. The zero-order valence-electron chi connectivity index (χ0n) is 4.68. The lowest BCUT2D eigenvalue weighted by atomic mass is 10.4. The number of hydrogen-bond donors (Lipinski definition) is 2. The number of hydrogen-bond acceptors (Lipinski definition) is 4. The Balaban J connectivity index is 3.86. The zero-order chi connectivity index (χ0) is 7.44. The largest absolute Gasteiger partial charge is 0.480 e. The fourth-order valence-electron chi connectivity index (χ4n) is 0.169. The zero-order valence-corrected chi connectivity index (χ0v) is 4.68. The molecule has 0 rings (SSSR count). The van der Waals surface area contributed by atoms with E-state index in [4.69, 9.17) is 10.3 Å². The van der Waals surface area contributed by atoms with Gasteiger partial charge in [0.2, 0.25) is 0 Å². The molecule has 0 saturated heterocycles. The van der Waals surface area contributed by atoms with E-state index in [0.717, 1.165) is 6.92 Å². The van der Waals surface area contributed by atoms with Gasteiger partial charge in [-0.3, -0.25) is 5.21 Å². The standard InChI is InChI=1S/C3H6N2O4/c1-2(3(6)7)5(9)4-8/h2,9H,1H3,(H,6,7). The average Bonchev–Trinajstić information content (AvgIpc) is 1.84. The van der Waals surface area contributed by atoms with Gasteiger partial charge in [0, 0.05) is 0 Å². The Kier molecular flexibility index (Phi) is 2.59. The lowest BCUT2D eigenvalue weighted by Crippen LogP contribution is -2.31. The summed E-state index contributed by atoms with van der Waals surface area (Å²) in [6.07, 6.45) is 0. The highest BCUT2D eigenvalue weighted by Gasteiger charge is 2.17. The van der Waals surface area contributed by atoms with Crippen LogP contribution in [0.5, 0.6) is 0 Å². The number of carboxylic acids is 1. The smallest absolute Gasteiger partial charge is 0.330 e. The number of aliphatic carboxylic acids is 1. The monoisotopic (exact) mass is 134 g/mol. The van der Waals surface area contributed by atoms with Crippen LogP contribution in [0.2, 0.25) is 0 Å². The summed E-state index contributed by atoms with van der Waals surface area (Å²) in [6, 6.07) is -1.29. The number of nitroso groups, excluding NO2 is 1. The Morgan fingerprint density at radius 2 is 2.22 bits per heavy atom. The van der Waals surface area contributed by atoms with Crippen LogP contribution in [0.1, 0.15) is 6.92 Å².